The Morgan fingerprint density at radius 1 is 1.30 bits per heavy atom. The fourth-order valence-electron chi connectivity index (χ4n) is 0.944. The number of hydrogen-bond acceptors (Lipinski definition) is 6. The molecule has 2 rings (SSSR count). The van der Waals surface area contributed by atoms with Gasteiger partial charge in [-0.05, 0) is 12.1 Å². The van der Waals surface area contributed by atoms with Crippen molar-refractivity contribution in [2.45, 2.75) is 6.18 Å². The zero-order chi connectivity index (χ0) is 15.4. The average Bonchev–Trinajstić information content (AvgIpc) is 2.76. The van der Waals surface area contributed by atoms with Gasteiger partial charge < -0.3 is 4.42 Å². The molecule has 2 heterocycles. The first-order chi connectivity index (χ1) is 9.07. The molecule has 0 saturated carbocycles. The van der Waals surface area contributed by atoms with E-state index in [1.54, 1.807) is 6.07 Å². The van der Waals surface area contributed by atoms with Crippen LogP contribution in [-0.2, 0) is 16.2 Å². The summed E-state index contributed by atoms with van der Waals surface area (Å²) in [6, 6.07) is 3.09. The molecular formula is C9H9F3N4O3S. The van der Waals surface area contributed by atoms with Crippen LogP contribution >= 0.6 is 0 Å². The topological polar surface area (TPSA) is 112 Å². The Hall–Kier alpha value is -2.01. The summed E-state index contributed by atoms with van der Waals surface area (Å²) in [4.78, 5) is 3.72. The minimum absolute atomic E-state index is 0.199. The van der Waals surface area contributed by atoms with E-state index < -0.39 is 22.1 Å². The van der Waals surface area contributed by atoms with Crippen LogP contribution < -0.4 is 5.14 Å². The fourth-order valence-corrected chi connectivity index (χ4v) is 0.944. The van der Waals surface area contributed by atoms with Gasteiger partial charge in [0.05, 0.1) is 11.8 Å². The number of nitrogens with two attached hydrogens (primary N) is 1. The SMILES string of the molecule is CS(N)(=O)=O.FC(F)(F)c1nnc(-c2cccnc2)o1. The molecule has 0 aromatic carbocycles. The van der Waals surface area contributed by atoms with E-state index in [1.807, 2.05) is 0 Å². The molecule has 0 bridgehead atoms. The first-order valence-electron chi connectivity index (χ1n) is 4.86. The third kappa shape index (κ3) is 5.75. The molecular weight excluding hydrogens is 301 g/mol. The van der Waals surface area contributed by atoms with Gasteiger partial charge in [0.25, 0.3) is 0 Å². The normalized spacial score (nSPS) is 11.7. The van der Waals surface area contributed by atoms with Crippen molar-refractivity contribution in [1.82, 2.24) is 15.2 Å². The number of sulfonamides is 1. The molecule has 2 aromatic rings. The van der Waals surface area contributed by atoms with Crippen molar-refractivity contribution in [2.75, 3.05) is 6.26 Å². The molecule has 0 aliphatic heterocycles. The van der Waals surface area contributed by atoms with Crippen molar-refractivity contribution in [2.24, 2.45) is 5.14 Å². The lowest BCUT2D eigenvalue weighted by Crippen LogP contribution is -2.07. The Morgan fingerprint density at radius 3 is 2.30 bits per heavy atom. The quantitative estimate of drug-likeness (QED) is 0.842. The zero-order valence-corrected chi connectivity index (χ0v) is 10.8. The Kier molecular flexibility index (Phi) is 4.78. The maximum Gasteiger partial charge on any atom is 0.470 e. The van der Waals surface area contributed by atoms with Crippen LogP contribution in [0.5, 0.6) is 0 Å². The fraction of sp³-hybridized carbons (Fsp3) is 0.222. The average molecular weight is 310 g/mol. The Labute approximate surface area is 111 Å². The van der Waals surface area contributed by atoms with Crippen LogP contribution in [0.2, 0.25) is 0 Å². The van der Waals surface area contributed by atoms with E-state index >= 15 is 0 Å². The lowest BCUT2D eigenvalue weighted by Gasteiger charge is -1.97. The highest BCUT2D eigenvalue weighted by molar-refractivity contribution is 7.88. The van der Waals surface area contributed by atoms with E-state index in [0.717, 1.165) is 6.26 Å². The summed E-state index contributed by atoms with van der Waals surface area (Å²) in [6.45, 7) is 0. The molecule has 0 spiro atoms. The summed E-state index contributed by atoms with van der Waals surface area (Å²) in [7, 11) is -3.17. The molecule has 20 heavy (non-hydrogen) atoms. The van der Waals surface area contributed by atoms with Crippen LogP contribution in [0.4, 0.5) is 13.2 Å². The van der Waals surface area contributed by atoms with Crippen LogP contribution in [0, 0.1) is 0 Å². The second kappa shape index (κ2) is 5.96. The van der Waals surface area contributed by atoms with Crippen LogP contribution in [0.3, 0.4) is 0 Å². The number of primary sulfonamides is 1. The summed E-state index contributed by atoms with van der Waals surface area (Å²) < 4.78 is 59.6. The van der Waals surface area contributed by atoms with Gasteiger partial charge in [-0.1, -0.05) is 0 Å². The standard InChI is InChI=1S/C8H4F3N3O.CH5NO2S/c9-8(10,11)7-14-13-6(15-7)5-2-1-3-12-4-5;1-5(2,3)4/h1-4H;1H3,(H2,2,3,4). The minimum atomic E-state index is -4.62. The summed E-state index contributed by atoms with van der Waals surface area (Å²) in [5.41, 5.74) is 0.348. The zero-order valence-electron chi connectivity index (χ0n) is 10.00. The maximum atomic E-state index is 12.1. The Bertz CT molecular complexity index is 647. The Balaban J connectivity index is 0.000000347. The van der Waals surface area contributed by atoms with Gasteiger partial charge >= 0.3 is 12.1 Å². The molecule has 0 aliphatic rings. The molecule has 0 amide bonds. The van der Waals surface area contributed by atoms with Gasteiger partial charge in [-0.25, -0.2) is 13.6 Å². The van der Waals surface area contributed by atoms with Crippen LogP contribution in [0.1, 0.15) is 5.89 Å². The third-order valence-electron chi connectivity index (χ3n) is 1.58. The predicted octanol–water partition coefficient (Wildman–Crippen LogP) is 1.06. The van der Waals surface area contributed by atoms with Crippen LogP contribution in [-0.4, -0.2) is 29.9 Å². The molecule has 0 fully saturated rings. The van der Waals surface area contributed by atoms with Gasteiger partial charge in [0.1, 0.15) is 0 Å². The molecule has 0 radical (unpaired) electrons. The molecule has 0 aliphatic carbocycles. The monoisotopic (exact) mass is 310 g/mol. The molecule has 11 heteroatoms. The second-order valence-corrected chi connectivity index (χ2v) is 5.14. The van der Waals surface area contributed by atoms with E-state index in [9.17, 15) is 21.6 Å². The molecule has 2 aromatic heterocycles. The summed E-state index contributed by atoms with van der Waals surface area (Å²) >= 11 is 0. The number of pyridine rings is 1. The van der Waals surface area contributed by atoms with Crippen molar-refractivity contribution in [3.63, 3.8) is 0 Å². The predicted molar refractivity (Wildman–Crippen MR) is 61.6 cm³/mol. The number of hydrogen-bond donors (Lipinski definition) is 1. The highest BCUT2D eigenvalue weighted by Crippen LogP contribution is 2.29. The summed E-state index contributed by atoms with van der Waals surface area (Å²) in [5.74, 6) is -1.56. The van der Waals surface area contributed by atoms with Gasteiger partial charge in [0.15, 0.2) is 0 Å². The van der Waals surface area contributed by atoms with Gasteiger partial charge in [-0.15, -0.1) is 10.2 Å². The van der Waals surface area contributed by atoms with Crippen molar-refractivity contribution < 1.29 is 26.0 Å². The van der Waals surface area contributed by atoms with Gasteiger partial charge in [0.2, 0.25) is 15.9 Å². The van der Waals surface area contributed by atoms with Gasteiger partial charge in [-0.3, -0.25) is 4.98 Å². The second-order valence-electron chi connectivity index (χ2n) is 3.48. The van der Waals surface area contributed by atoms with Crippen molar-refractivity contribution in [3.8, 4) is 11.5 Å². The minimum Gasteiger partial charge on any atom is -0.413 e. The Morgan fingerprint density at radius 2 is 1.90 bits per heavy atom. The van der Waals surface area contributed by atoms with Gasteiger partial charge in [-0.2, -0.15) is 13.2 Å². The van der Waals surface area contributed by atoms with Crippen molar-refractivity contribution >= 4 is 10.0 Å². The number of halogens is 3. The molecule has 0 unspecified atom stereocenters. The van der Waals surface area contributed by atoms with E-state index in [2.05, 4.69) is 24.7 Å². The van der Waals surface area contributed by atoms with E-state index in [1.165, 1.54) is 18.5 Å². The van der Waals surface area contributed by atoms with E-state index in [0.29, 0.717) is 5.56 Å². The molecule has 7 nitrogen and oxygen atoms in total. The lowest BCUT2D eigenvalue weighted by atomic mass is 10.3. The van der Waals surface area contributed by atoms with Gasteiger partial charge in [0, 0.05) is 12.4 Å². The van der Waals surface area contributed by atoms with E-state index in [4.69, 9.17) is 0 Å². The lowest BCUT2D eigenvalue weighted by molar-refractivity contribution is -0.156. The first kappa shape index (κ1) is 16.0. The third-order valence-corrected chi connectivity index (χ3v) is 1.58. The highest BCUT2D eigenvalue weighted by Gasteiger charge is 2.38. The molecule has 110 valence electrons. The molecule has 0 saturated heterocycles. The smallest absolute Gasteiger partial charge is 0.413 e. The first-order valence-corrected chi connectivity index (χ1v) is 6.81. The molecule has 0 atom stereocenters. The molecule has 2 N–H and O–H groups in total. The number of aromatic nitrogens is 3. The summed E-state index contributed by atoms with van der Waals surface area (Å²) in [5, 5.41) is 10.5. The van der Waals surface area contributed by atoms with Crippen molar-refractivity contribution in [3.05, 3.63) is 30.4 Å². The maximum absolute atomic E-state index is 12.1. The van der Waals surface area contributed by atoms with Crippen LogP contribution in [0.15, 0.2) is 28.9 Å². The van der Waals surface area contributed by atoms with E-state index in [-0.39, 0.29) is 5.89 Å². The number of rotatable bonds is 1. The van der Waals surface area contributed by atoms with Crippen LogP contribution in [0.25, 0.3) is 11.5 Å². The number of nitrogens with zero attached hydrogens (tertiary/aromatic N) is 3. The number of alkyl halides is 3. The highest BCUT2D eigenvalue weighted by atomic mass is 32.2. The largest absolute Gasteiger partial charge is 0.470 e. The van der Waals surface area contributed by atoms with Crippen molar-refractivity contribution in [1.29, 1.82) is 0 Å². The summed E-state index contributed by atoms with van der Waals surface area (Å²) in [6.07, 6.45) is -0.849.